The van der Waals surface area contributed by atoms with Crippen molar-refractivity contribution in [1.82, 2.24) is 4.98 Å². The van der Waals surface area contributed by atoms with E-state index in [1.165, 1.54) is 0 Å². The first-order valence-corrected chi connectivity index (χ1v) is 3.81. The monoisotopic (exact) mass is 150 g/mol. The van der Waals surface area contributed by atoms with Gasteiger partial charge < -0.3 is 5.73 Å². The van der Waals surface area contributed by atoms with Crippen LogP contribution in [0.4, 0.5) is 0 Å². The van der Waals surface area contributed by atoms with Gasteiger partial charge in [0.05, 0.1) is 0 Å². The second-order valence-electron chi connectivity index (χ2n) is 2.92. The zero-order chi connectivity index (χ0) is 8.43. The molecule has 0 saturated heterocycles. The van der Waals surface area contributed by atoms with Gasteiger partial charge in [0.1, 0.15) is 0 Å². The highest BCUT2D eigenvalue weighted by molar-refractivity contribution is 5.23. The van der Waals surface area contributed by atoms with Crippen LogP contribution < -0.4 is 5.73 Å². The lowest BCUT2D eigenvalue weighted by atomic mass is 10.1. The predicted octanol–water partition coefficient (Wildman–Crippen LogP) is 1.72. The molecule has 60 valence electrons. The van der Waals surface area contributed by atoms with Gasteiger partial charge >= 0.3 is 0 Å². The molecule has 0 aliphatic carbocycles. The summed E-state index contributed by atoms with van der Waals surface area (Å²) < 4.78 is 0. The van der Waals surface area contributed by atoms with Gasteiger partial charge in [-0.1, -0.05) is 6.07 Å². The number of aromatic nitrogens is 1. The van der Waals surface area contributed by atoms with Gasteiger partial charge in [-0.05, 0) is 32.4 Å². The zero-order valence-electron chi connectivity index (χ0n) is 7.26. The summed E-state index contributed by atoms with van der Waals surface area (Å²) in [5.74, 6) is 0. The van der Waals surface area contributed by atoms with Crippen LogP contribution in [0.1, 0.15) is 29.9 Å². The molecule has 0 bridgehead atoms. The van der Waals surface area contributed by atoms with Crippen LogP contribution in [0.25, 0.3) is 0 Å². The fourth-order valence-electron chi connectivity index (χ4n) is 1.18. The lowest BCUT2D eigenvalue weighted by Gasteiger charge is -2.08. The first-order chi connectivity index (χ1) is 5.11. The van der Waals surface area contributed by atoms with Crippen molar-refractivity contribution in [2.45, 2.75) is 26.8 Å². The van der Waals surface area contributed by atoms with Gasteiger partial charge in [0.15, 0.2) is 0 Å². The maximum Gasteiger partial charge on any atom is 0.0423 e. The fraction of sp³-hybridized carbons (Fsp3) is 0.444. The number of pyridine rings is 1. The second-order valence-corrected chi connectivity index (χ2v) is 2.92. The van der Waals surface area contributed by atoms with E-state index in [0.717, 1.165) is 17.0 Å². The summed E-state index contributed by atoms with van der Waals surface area (Å²) in [5.41, 5.74) is 8.95. The Kier molecular flexibility index (Phi) is 2.25. The van der Waals surface area contributed by atoms with Gasteiger partial charge in [-0.2, -0.15) is 0 Å². The maximum absolute atomic E-state index is 5.72. The molecule has 0 radical (unpaired) electrons. The Labute approximate surface area is 67.5 Å². The SMILES string of the molecule is Cc1ccc([C@@H](C)N)c(C)n1. The molecule has 0 aliphatic heterocycles. The van der Waals surface area contributed by atoms with Gasteiger partial charge in [-0.15, -0.1) is 0 Å². The Balaban J connectivity index is 3.09. The van der Waals surface area contributed by atoms with Crippen molar-refractivity contribution in [1.29, 1.82) is 0 Å². The number of aryl methyl sites for hydroxylation is 2. The Morgan fingerprint density at radius 2 is 2.00 bits per heavy atom. The second kappa shape index (κ2) is 3.01. The average molecular weight is 150 g/mol. The van der Waals surface area contributed by atoms with Crippen molar-refractivity contribution >= 4 is 0 Å². The number of nitrogens with zero attached hydrogens (tertiary/aromatic N) is 1. The molecular weight excluding hydrogens is 136 g/mol. The summed E-state index contributed by atoms with van der Waals surface area (Å²) in [6.07, 6.45) is 0. The summed E-state index contributed by atoms with van der Waals surface area (Å²) in [6.45, 7) is 5.95. The lowest BCUT2D eigenvalue weighted by molar-refractivity contribution is 0.797. The summed E-state index contributed by atoms with van der Waals surface area (Å²) in [7, 11) is 0. The van der Waals surface area contributed by atoms with Crippen LogP contribution in [0, 0.1) is 13.8 Å². The van der Waals surface area contributed by atoms with Crippen molar-refractivity contribution in [3.05, 3.63) is 29.1 Å². The molecule has 0 fully saturated rings. The van der Waals surface area contributed by atoms with Crippen molar-refractivity contribution in [2.24, 2.45) is 5.73 Å². The molecule has 2 heteroatoms. The Morgan fingerprint density at radius 3 is 2.45 bits per heavy atom. The number of rotatable bonds is 1. The van der Waals surface area contributed by atoms with Crippen molar-refractivity contribution in [3.63, 3.8) is 0 Å². The lowest BCUT2D eigenvalue weighted by Crippen LogP contribution is -2.08. The van der Waals surface area contributed by atoms with E-state index in [2.05, 4.69) is 4.98 Å². The van der Waals surface area contributed by atoms with Crippen LogP contribution in [-0.2, 0) is 0 Å². The molecule has 0 aliphatic rings. The van der Waals surface area contributed by atoms with Crippen LogP contribution in [0.3, 0.4) is 0 Å². The highest BCUT2D eigenvalue weighted by atomic mass is 14.7. The molecule has 0 amide bonds. The van der Waals surface area contributed by atoms with Gasteiger partial charge in [0, 0.05) is 17.4 Å². The molecule has 1 heterocycles. The smallest absolute Gasteiger partial charge is 0.0423 e. The molecule has 0 saturated carbocycles. The maximum atomic E-state index is 5.72. The Bertz CT molecular complexity index is 254. The van der Waals surface area contributed by atoms with Gasteiger partial charge in [-0.25, -0.2) is 0 Å². The molecule has 1 rings (SSSR count). The quantitative estimate of drug-likeness (QED) is 0.662. The third-order valence-electron chi connectivity index (χ3n) is 1.76. The summed E-state index contributed by atoms with van der Waals surface area (Å²) >= 11 is 0. The molecule has 1 atom stereocenters. The van der Waals surface area contributed by atoms with E-state index in [9.17, 15) is 0 Å². The standard InChI is InChI=1S/C9H14N2/c1-6-4-5-9(7(2)10)8(3)11-6/h4-5,7H,10H2,1-3H3/t7-/m1/s1. The van der Waals surface area contributed by atoms with Crippen molar-refractivity contribution < 1.29 is 0 Å². The van der Waals surface area contributed by atoms with E-state index < -0.39 is 0 Å². The molecule has 1 aromatic rings. The van der Waals surface area contributed by atoms with Gasteiger partial charge in [-0.3, -0.25) is 4.98 Å². The third kappa shape index (κ3) is 1.77. The van der Waals surface area contributed by atoms with E-state index in [-0.39, 0.29) is 6.04 Å². The minimum absolute atomic E-state index is 0.0862. The van der Waals surface area contributed by atoms with E-state index in [4.69, 9.17) is 5.73 Å². The minimum atomic E-state index is 0.0862. The molecular formula is C9H14N2. The largest absolute Gasteiger partial charge is 0.324 e. The Hall–Kier alpha value is -0.890. The van der Waals surface area contributed by atoms with E-state index >= 15 is 0 Å². The fourth-order valence-corrected chi connectivity index (χ4v) is 1.18. The van der Waals surface area contributed by atoms with E-state index in [1.807, 2.05) is 32.9 Å². The van der Waals surface area contributed by atoms with Crippen LogP contribution in [0.5, 0.6) is 0 Å². The molecule has 2 nitrogen and oxygen atoms in total. The summed E-state index contributed by atoms with van der Waals surface area (Å²) in [6, 6.07) is 4.12. The molecule has 0 spiro atoms. The predicted molar refractivity (Wildman–Crippen MR) is 46.3 cm³/mol. The van der Waals surface area contributed by atoms with E-state index in [1.54, 1.807) is 0 Å². The summed E-state index contributed by atoms with van der Waals surface area (Å²) in [5, 5.41) is 0. The normalized spacial score (nSPS) is 13.1. The Morgan fingerprint density at radius 1 is 1.36 bits per heavy atom. The topological polar surface area (TPSA) is 38.9 Å². The van der Waals surface area contributed by atoms with Crippen LogP contribution in [0.2, 0.25) is 0 Å². The minimum Gasteiger partial charge on any atom is -0.324 e. The summed E-state index contributed by atoms with van der Waals surface area (Å²) in [4.78, 5) is 4.31. The number of hydrogen-bond donors (Lipinski definition) is 1. The number of nitrogens with two attached hydrogens (primary N) is 1. The van der Waals surface area contributed by atoms with Crippen LogP contribution in [0.15, 0.2) is 12.1 Å². The molecule has 11 heavy (non-hydrogen) atoms. The van der Waals surface area contributed by atoms with E-state index in [0.29, 0.717) is 0 Å². The molecule has 0 aromatic carbocycles. The van der Waals surface area contributed by atoms with Crippen molar-refractivity contribution in [2.75, 3.05) is 0 Å². The first kappa shape index (κ1) is 8.21. The van der Waals surface area contributed by atoms with Crippen molar-refractivity contribution in [3.8, 4) is 0 Å². The highest BCUT2D eigenvalue weighted by Gasteiger charge is 2.03. The van der Waals surface area contributed by atoms with Gasteiger partial charge in [0.25, 0.3) is 0 Å². The zero-order valence-corrected chi connectivity index (χ0v) is 7.26. The average Bonchev–Trinajstić information content (AvgIpc) is 1.85. The van der Waals surface area contributed by atoms with Crippen LogP contribution in [-0.4, -0.2) is 4.98 Å². The number of hydrogen-bond acceptors (Lipinski definition) is 2. The van der Waals surface area contributed by atoms with Crippen LogP contribution >= 0.6 is 0 Å². The molecule has 0 unspecified atom stereocenters. The van der Waals surface area contributed by atoms with Gasteiger partial charge in [0.2, 0.25) is 0 Å². The highest BCUT2D eigenvalue weighted by Crippen LogP contribution is 2.12. The third-order valence-corrected chi connectivity index (χ3v) is 1.76. The molecule has 2 N–H and O–H groups in total. The first-order valence-electron chi connectivity index (χ1n) is 3.81. The molecule has 1 aromatic heterocycles.